The first-order chi connectivity index (χ1) is 12.9. The zero-order valence-corrected chi connectivity index (χ0v) is 16.8. The van der Waals surface area contributed by atoms with Gasteiger partial charge in [0.05, 0.1) is 19.4 Å². The van der Waals surface area contributed by atoms with E-state index in [0.29, 0.717) is 29.5 Å². The molecular formula is C21H27N3O3. The molecule has 27 heavy (non-hydrogen) atoms. The smallest absolute Gasteiger partial charge is 0.239 e. The van der Waals surface area contributed by atoms with E-state index in [4.69, 9.17) is 14.2 Å². The van der Waals surface area contributed by atoms with Gasteiger partial charge in [-0.1, -0.05) is 6.92 Å². The summed E-state index contributed by atoms with van der Waals surface area (Å²) in [6.07, 6.45) is 0.868. The number of nitrogens with zero attached hydrogens (tertiary/aromatic N) is 2. The van der Waals surface area contributed by atoms with Crippen molar-refractivity contribution in [1.29, 1.82) is 5.26 Å². The molecule has 2 rings (SSSR count). The van der Waals surface area contributed by atoms with E-state index < -0.39 is 0 Å². The highest BCUT2D eigenvalue weighted by Crippen LogP contribution is 2.35. The van der Waals surface area contributed by atoms with Crippen LogP contribution in [0.2, 0.25) is 0 Å². The van der Waals surface area contributed by atoms with Crippen LogP contribution in [0.4, 0.5) is 5.69 Å². The number of ether oxygens (including phenoxy) is 3. The molecule has 1 N–H and O–H groups in total. The number of methoxy groups -OCH3 is 2. The third kappa shape index (κ3) is 4.89. The SMILES string of the molecule is CCC(COC)Nc1cc(C)nc(Oc2c(C)cc(OC)cc2C)c1C#N. The van der Waals surface area contributed by atoms with Gasteiger partial charge in [-0.05, 0) is 56.5 Å². The third-order valence-electron chi connectivity index (χ3n) is 4.31. The minimum atomic E-state index is 0.0983. The predicted molar refractivity (Wildman–Crippen MR) is 106 cm³/mol. The number of aromatic nitrogens is 1. The summed E-state index contributed by atoms with van der Waals surface area (Å²) in [6.45, 7) is 8.38. The molecule has 0 amide bonds. The minimum Gasteiger partial charge on any atom is -0.497 e. The van der Waals surface area contributed by atoms with Crippen LogP contribution < -0.4 is 14.8 Å². The normalized spacial score (nSPS) is 11.6. The van der Waals surface area contributed by atoms with Crippen molar-refractivity contribution in [3.8, 4) is 23.4 Å². The van der Waals surface area contributed by atoms with Crippen LogP contribution in [-0.4, -0.2) is 31.9 Å². The average molecular weight is 369 g/mol. The zero-order valence-electron chi connectivity index (χ0n) is 16.8. The Morgan fingerprint density at radius 2 is 1.81 bits per heavy atom. The summed E-state index contributed by atoms with van der Waals surface area (Å²) >= 11 is 0. The Labute approximate surface area is 161 Å². The molecule has 0 aliphatic carbocycles. The Bertz CT molecular complexity index is 820. The maximum absolute atomic E-state index is 9.74. The Morgan fingerprint density at radius 3 is 2.33 bits per heavy atom. The fourth-order valence-electron chi connectivity index (χ4n) is 2.91. The summed E-state index contributed by atoms with van der Waals surface area (Å²) in [5.74, 6) is 1.74. The fourth-order valence-corrected chi connectivity index (χ4v) is 2.91. The maximum Gasteiger partial charge on any atom is 0.239 e. The molecule has 0 bridgehead atoms. The first-order valence-corrected chi connectivity index (χ1v) is 8.93. The van der Waals surface area contributed by atoms with Gasteiger partial charge in [0.1, 0.15) is 23.1 Å². The number of hydrogen-bond acceptors (Lipinski definition) is 6. The lowest BCUT2D eigenvalue weighted by Gasteiger charge is -2.20. The molecule has 0 saturated carbocycles. The Morgan fingerprint density at radius 1 is 1.15 bits per heavy atom. The number of pyridine rings is 1. The zero-order chi connectivity index (χ0) is 20.0. The Kier molecular flexibility index (Phi) is 7.03. The molecule has 2 aromatic rings. The van der Waals surface area contributed by atoms with Gasteiger partial charge in [-0.2, -0.15) is 5.26 Å². The van der Waals surface area contributed by atoms with Crippen molar-refractivity contribution in [2.45, 2.75) is 40.2 Å². The summed E-state index contributed by atoms with van der Waals surface area (Å²) in [5.41, 5.74) is 3.68. The van der Waals surface area contributed by atoms with Crippen LogP contribution in [0.25, 0.3) is 0 Å². The number of nitriles is 1. The van der Waals surface area contributed by atoms with Crippen molar-refractivity contribution in [2.75, 3.05) is 26.1 Å². The van der Waals surface area contributed by atoms with Crippen LogP contribution in [0.5, 0.6) is 17.4 Å². The van der Waals surface area contributed by atoms with E-state index in [-0.39, 0.29) is 6.04 Å². The van der Waals surface area contributed by atoms with E-state index in [1.165, 1.54) is 0 Å². The van der Waals surface area contributed by atoms with E-state index in [0.717, 1.165) is 29.0 Å². The van der Waals surface area contributed by atoms with Crippen molar-refractivity contribution in [3.05, 3.63) is 40.6 Å². The number of benzene rings is 1. The monoisotopic (exact) mass is 369 g/mol. The number of anilines is 1. The molecule has 0 aliphatic rings. The van der Waals surface area contributed by atoms with Crippen LogP contribution in [0.1, 0.15) is 35.7 Å². The molecule has 1 unspecified atom stereocenters. The highest BCUT2D eigenvalue weighted by atomic mass is 16.5. The minimum absolute atomic E-state index is 0.0983. The first kappa shape index (κ1) is 20.5. The fraction of sp³-hybridized carbons (Fsp3) is 0.429. The van der Waals surface area contributed by atoms with Crippen LogP contribution in [0.15, 0.2) is 18.2 Å². The Hall–Kier alpha value is -2.78. The summed E-state index contributed by atoms with van der Waals surface area (Å²) in [7, 11) is 3.30. The molecule has 0 fully saturated rings. The lowest BCUT2D eigenvalue weighted by molar-refractivity contribution is 0.184. The van der Waals surface area contributed by atoms with Gasteiger partial charge >= 0.3 is 0 Å². The van der Waals surface area contributed by atoms with E-state index >= 15 is 0 Å². The van der Waals surface area contributed by atoms with Gasteiger partial charge in [-0.3, -0.25) is 0 Å². The van der Waals surface area contributed by atoms with E-state index in [9.17, 15) is 5.26 Å². The standard InChI is InChI=1S/C21H27N3O3/c1-7-16(12-25-5)24-19-10-15(4)23-21(18(19)11-22)27-20-13(2)8-17(26-6)9-14(20)3/h8-10,16H,7,12H2,1-6H3,(H,23,24). The van der Waals surface area contributed by atoms with Gasteiger partial charge in [-0.25, -0.2) is 4.98 Å². The quantitative estimate of drug-likeness (QED) is 0.737. The number of hydrogen-bond donors (Lipinski definition) is 1. The van der Waals surface area contributed by atoms with E-state index in [1.54, 1.807) is 14.2 Å². The molecule has 6 nitrogen and oxygen atoms in total. The first-order valence-electron chi connectivity index (χ1n) is 8.93. The topological polar surface area (TPSA) is 76.4 Å². The molecule has 0 saturated heterocycles. The second kappa shape index (κ2) is 9.24. The van der Waals surface area contributed by atoms with Crippen molar-refractivity contribution >= 4 is 5.69 Å². The summed E-state index contributed by atoms with van der Waals surface area (Å²) in [4.78, 5) is 4.46. The van der Waals surface area contributed by atoms with Gasteiger partial charge < -0.3 is 19.5 Å². The summed E-state index contributed by atoms with van der Waals surface area (Å²) < 4.78 is 16.6. The number of rotatable bonds is 8. The van der Waals surface area contributed by atoms with Crippen molar-refractivity contribution in [3.63, 3.8) is 0 Å². The lowest BCUT2D eigenvalue weighted by Crippen LogP contribution is -2.24. The van der Waals surface area contributed by atoms with Crippen LogP contribution >= 0.6 is 0 Å². The largest absolute Gasteiger partial charge is 0.497 e. The molecule has 0 radical (unpaired) electrons. The predicted octanol–water partition coefficient (Wildman–Crippen LogP) is 4.52. The van der Waals surface area contributed by atoms with E-state index in [1.807, 2.05) is 39.0 Å². The van der Waals surface area contributed by atoms with Crippen LogP contribution in [0, 0.1) is 32.1 Å². The second-order valence-corrected chi connectivity index (χ2v) is 6.50. The van der Waals surface area contributed by atoms with Gasteiger partial charge in [-0.15, -0.1) is 0 Å². The molecule has 1 aromatic carbocycles. The highest BCUT2D eigenvalue weighted by molar-refractivity contribution is 5.63. The third-order valence-corrected chi connectivity index (χ3v) is 4.31. The molecule has 6 heteroatoms. The number of aryl methyl sites for hydroxylation is 3. The van der Waals surface area contributed by atoms with Gasteiger partial charge in [0.25, 0.3) is 0 Å². The van der Waals surface area contributed by atoms with Gasteiger partial charge in [0.2, 0.25) is 5.88 Å². The van der Waals surface area contributed by atoms with Gasteiger partial charge in [0.15, 0.2) is 0 Å². The molecule has 1 aromatic heterocycles. The van der Waals surface area contributed by atoms with Crippen molar-refractivity contribution in [1.82, 2.24) is 4.98 Å². The molecule has 144 valence electrons. The van der Waals surface area contributed by atoms with Gasteiger partial charge in [0, 0.05) is 18.8 Å². The highest BCUT2D eigenvalue weighted by Gasteiger charge is 2.18. The van der Waals surface area contributed by atoms with Crippen LogP contribution in [0.3, 0.4) is 0 Å². The van der Waals surface area contributed by atoms with Crippen molar-refractivity contribution < 1.29 is 14.2 Å². The molecule has 0 spiro atoms. The van der Waals surface area contributed by atoms with Crippen LogP contribution in [-0.2, 0) is 4.74 Å². The summed E-state index contributed by atoms with van der Waals surface area (Å²) in [5, 5.41) is 13.1. The Balaban J connectivity index is 2.45. The lowest BCUT2D eigenvalue weighted by atomic mass is 10.1. The average Bonchev–Trinajstić information content (AvgIpc) is 2.63. The molecule has 1 heterocycles. The van der Waals surface area contributed by atoms with Crippen molar-refractivity contribution in [2.24, 2.45) is 0 Å². The number of nitrogens with one attached hydrogen (secondary N) is 1. The molecule has 1 atom stereocenters. The summed E-state index contributed by atoms with van der Waals surface area (Å²) in [6, 6.07) is 7.98. The molecule has 0 aliphatic heterocycles. The second-order valence-electron chi connectivity index (χ2n) is 6.50. The van der Waals surface area contributed by atoms with E-state index in [2.05, 4.69) is 23.3 Å². The maximum atomic E-state index is 9.74. The molecular weight excluding hydrogens is 342 g/mol.